The van der Waals surface area contributed by atoms with Gasteiger partial charge in [0.2, 0.25) is 0 Å². The maximum atomic E-state index is 13.3. The summed E-state index contributed by atoms with van der Waals surface area (Å²) in [6.07, 6.45) is 1.83. The molecule has 4 nitrogen and oxygen atoms in total. The molecule has 0 radical (unpaired) electrons. The third-order valence-corrected chi connectivity index (χ3v) is 4.44. The summed E-state index contributed by atoms with van der Waals surface area (Å²) in [7, 11) is 0. The van der Waals surface area contributed by atoms with Crippen LogP contribution in [0.25, 0.3) is 0 Å². The smallest absolute Gasteiger partial charge is 0.253 e. The number of piperidine rings is 1. The van der Waals surface area contributed by atoms with E-state index in [0.29, 0.717) is 24.2 Å². The van der Waals surface area contributed by atoms with Gasteiger partial charge >= 0.3 is 0 Å². The van der Waals surface area contributed by atoms with Crippen LogP contribution in [-0.4, -0.2) is 35.7 Å². The summed E-state index contributed by atoms with van der Waals surface area (Å²) < 4.78 is 13.3. The molecular formula is C20H21FN2O2. The number of Topliss-reactive ketones (excluding diaryl/α,β-unsaturated/α-hetero) is 1. The third kappa shape index (κ3) is 4.24. The maximum Gasteiger partial charge on any atom is 0.253 e. The zero-order valence-electron chi connectivity index (χ0n) is 14.2. The van der Waals surface area contributed by atoms with E-state index in [-0.39, 0.29) is 23.5 Å². The van der Waals surface area contributed by atoms with E-state index in [1.165, 1.54) is 19.1 Å². The number of ketones is 1. The first-order valence-corrected chi connectivity index (χ1v) is 8.45. The molecule has 3 rings (SSSR count). The van der Waals surface area contributed by atoms with Gasteiger partial charge in [-0.2, -0.15) is 0 Å². The van der Waals surface area contributed by atoms with Crippen LogP contribution in [0.4, 0.5) is 10.1 Å². The molecule has 1 fully saturated rings. The van der Waals surface area contributed by atoms with Crippen LogP contribution in [0, 0.1) is 5.82 Å². The van der Waals surface area contributed by atoms with Crippen LogP contribution in [0.5, 0.6) is 0 Å². The number of carbonyl (C=O) groups excluding carboxylic acids is 2. The predicted molar refractivity (Wildman–Crippen MR) is 95.4 cm³/mol. The summed E-state index contributed by atoms with van der Waals surface area (Å²) in [5.41, 5.74) is 1.90. The molecular weight excluding hydrogens is 319 g/mol. The highest BCUT2D eigenvalue weighted by Crippen LogP contribution is 2.19. The number of nitrogens with one attached hydrogen (secondary N) is 1. The van der Waals surface area contributed by atoms with Gasteiger partial charge in [0, 0.05) is 35.9 Å². The monoisotopic (exact) mass is 340 g/mol. The van der Waals surface area contributed by atoms with Crippen LogP contribution < -0.4 is 5.32 Å². The zero-order valence-corrected chi connectivity index (χ0v) is 14.2. The van der Waals surface area contributed by atoms with E-state index < -0.39 is 0 Å². The first kappa shape index (κ1) is 17.1. The van der Waals surface area contributed by atoms with Crippen molar-refractivity contribution in [2.24, 2.45) is 0 Å². The Morgan fingerprint density at radius 2 is 1.84 bits per heavy atom. The summed E-state index contributed by atoms with van der Waals surface area (Å²) >= 11 is 0. The minimum absolute atomic E-state index is 0.0173. The van der Waals surface area contributed by atoms with Crippen LogP contribution >= 0.6 is 0 Å². The second-order valence-corrected chi connectivity index (χ2v) is 6.38. The number of rotatable bonds is 4. The number of nitrogens with zero attached hydrogens (tertiary/aromatic N) is 1. The number of hydrogen-bond donors (Lipinski definition) is 1. The second-order valence-electron chi connectivity index (χ2n) is 6.38. The van der Waals surface area contributed by atoms with Crippen molar-refractivity contribution in [1.82, 2.24) is 4.90 Å². The largest absolute Gasteiger partial charge is 0.380 e. The molecule has 0 saturated carbocycles. The Kier molecular flexibility index (Phi) is 5.12. The first-order chi connectivity index (χ1) is 12.0. The molecule has 5 heteroatoms. The van der Waals surface area contributed by atoms with Crippen molar-refractivity contribution < 1.29 is 14.0 Å². The highest BCUT2D eigenvalue weighted by atomic mass is 19.1. The summed E-state index contributed by atoms with van der Waals surface area (Å²) in [6, 6.07) is 13.2. The quantitative estimate of drug-likeness (QED) is 0.863. The van der Waals surface area contributed by atoms with E-state index in [0.717, 1.165) is 18.5 Å². The van der Waals surface area contributed by atoms with E-state index in [4.69, 9.17) is 0 Å². The Morgan fingerprint density at radius 3 is 2.52 bits per heavy atom. The maximum absolute atomic E-state index is 13.3. The summed E-state index contributed by atoms with van der Waals surface area (Å²) in [6.45, 7) is 2.78. The molecule has 25 heavy (non-hydrogen) atoms. The zero-order chi connectivity index (χ0) is 17.8. The molecule has 0 aromatic heterocycles. The summed E-state index contributed by atoms with van der Waals surface area (Å²) in [5.74, 6) is -0.337. The topological polar surface area (TPSA) is 49.4 Å². The first-order valence-electron chi connectivity index (χ1n) is 8.45. The number of carbonyl (C=O) groups is 2. The van der Waals surface area contributed by atoms with Crippen LogP contribution in [-0.2, 0) is 0 Å². The molecule has 1 aliphatic heterocycles. The van der Waals surface area contributed by atoms with Gasteiger partial charge in [-0.05, 0) is 50.1 Å². The minimum Gasteiger partial charge on any atom is -0.380 e. The average molecular weight is 340 g/mol. The van der Waals surface area contributed by atoms with Gasteiger partial charge in [0.1, 0.15) is 5.82 Å². The number of hydrogen-bond acceptors (Lipinski definition) is 3. The molecule has 0 unspecified atom stereocenters. The third-order valence-electron chi connectivity index (χ3n) is 4.44. The van der Waals surface area contributed by atoms with Crippen molar-refractivity contribution in [3.63, 3.8) is 0 Å². The van der Waals surface area contributed by atoms with Gasteiger partial charge in [0.05, 0.1) is 0 Å². The lowest BCUT2D eigenvalue weighted by Gasteiger charge is -2.33. The predicted octanol–water partition coefficient (Wildman–Crippen LogP) is 3.75. The molecule has 2 aromatic carbocycles. The molecule has 1 aliphatic rings. The van der Waals surface area contributed by atoms with Crippen molar-refractivity contribution in [2.75, 3.05) is 18.4 Å². The Morgan fingerprint density at radius 1 is 1.12 bits per heavy atom. The lowest BCUT2D eigenvalue weighted by molar-refractivity contribution is 0.0714. The van der Waals surface area contributed by atoms with Gasteiger partial charge < -0.3 is 10.2 Å². The molecule has 0 spiro atoms. The van der Waals surface area contributed by atoms with E-state index >= 15 is 0 Å². The Bertz CT molecular complexity index is 774. The van der Waals surface area contributed by atoms with E-state index in [1.807, 2.05) is 11.0 Å². The fourth-order valence-electron chi connectivity index (χ4n) is 3.12. The SMILES string of the molecule is CC(=O)c1ccc(C(=O)N2CCC[C@H](Nc3cccc(F)c3)C2)cc1. The van der Waals surface area contributed by atoms with E-state index in [2.05, 4.69) is 5.32 Å². The van der Waals surface area contributed by atoms with Gasteiger partial charge in [0.15, 0.2) is 5.78 Å². The molecule has 0 bridgehead atoms. The van der Waals surface area contributed by atoms with Crippen LogP contribution in [0.2, 0.25) is 0 Å². The number of likely N-dealkylation sites (tertiary alicyclic amines) is 1. The summed E-state index contributed by atoms with van der Waals surface area (Å²) in [5, 5.41) is 3.30. The van der Waals surface area contributed by atoms with Crippen molar-refractivity contribution in [3.05, 3.63) is 65.5 Å². The highest BCUT2D eigenvalue weighted by Gasteiger charge is 2.24. The molecule has 1 amide bonds. The van der Waals surface area contributed by atoms with Gasteiger partial charge in [-0.15, -0.1) is 0 Å². The average Bonchev–Trinajstić information content (AvgIpc) is 2.61. The van der Waals surface area contributed by atoms with Crippen molar-refractivity contribution >= 4 is 17.4 Å². The Labute approximate surface area is 146 Å². The number of amides is 1. The van der Waals surface area contributed by atoms with Gasteiger partial charge in [-0.1, -0.05) is 18.2 Å². The molecule has 2 aromatic rings. The minimum atomic E-state index is -0.278. The van der Waals surface area contributed by atoms with Gasteiger partial charge in [0.25, 0.3) is 5.91 Å². The van der Waals surface area contributed by atoms with Crippen molar-refractivity contribution in [2.45, 2.75) is 25.8 Å². The molecule has 0 aliphatic carbocycles. The fourth-order valence-corrected chi connectivity index (χ4v) is 3.12. The lowest BCUT2D eigenvalue weighted by Crippen LogP contribution is -2.45. The van der Waals surface area contributed by atoms with Crippen molar-refractivity contribution in [3.8, 4) is 0 Å². The normalized spacial score (nSPS) is 17.2. The molecule has 1 N–H and O–H groups in total. The second kappa shape index (κ2) is 7.47. The molecule has 130 valence electrons. The Hall–Kier alpha value is -2.69. The molecule has 1 atom stereocenters. The number of anilines is 1. The van der Waals surface area contributed by atoms with Crippen LogP contribution in [0.3, 0.4) is 0 Å². The van der Waals surface area contributed by atoms with Gasteiger partial charge in [-0.3, -0.25) is 9.59 Å². The standard InChI is InChI=1S/C20H21FN2O2/c1-14(24)15-7-9-16(10-8-15)20(25)23-11-3-6-19(13-23)22-18-5-2-4-17(21)12-18/h2,4-5,7-10,12,19,22H,3,6,11,13H2,1H3/t19-/m0/s1. The van der Waals surface area contributed by atoms with E-state index in [9.17, 15) is 14.0 Å². The van der Waals surface area contributed by atoms with Gasteiger partial charge in [-0.25, -0.2) is 4.39 Å². The molecule has 1 saturated heterocycles. The molecule has 1 heterocycles. The van der Waals surface area contributed by atoms with Crippen LogP contribution in [0.15, 0.2) is 48.5 Å². The highest BCUT2D eigenvalue weighted by molar-refractivity contribution is 5.97. The lowest BCUT2D eigenvalue weighted by atomic mass is 10.0. The van der Waals surface area contributed by atoms with E-state index in [1.54, 1.807) is 30.3 Å². The summed E-state index contributed by atoms with van der Waals surface area (Å²) in [4.78, 5) is 25.8. The number of benzene rings is 2. The van der Waals surface area contributed by atoms with Crippen LogP contribution in [0.1, 0.15) is 40.5 Å². The Balaban J connectivity index is 1.66. The van der Waals surface area contributed by atoms with Crippen molar-refractivity contribution in [1.29, 1.82) is 0 Å². The number of halogens is 1. The fraction of sp³-hybridized carbons (Fsp3) is 0.300.